The summed E-state index contributed by atoms with van der Waals surface area (Å²) < 4.78 is 0. The first-order valence-electron chi connectivity index (χ1n) is 13.9. The van der Waals surface area contributed by atoms with Crippen LogP contribution in [0.4, 0.5) is 0 Å². The maximum Gasteiger partial charge on any atom is 0.0701 e. The zero-order chi connectivity index (χ0) is 28.1. The highest BCUT2D eigenvalue weighted by molar-refractivity contribution is 5.95. The molecule has 0 radical (unpaired) electrons. The van der Waals surface area contributed by atoms with Gasteiger partial charge in [-0.2, -0.15) is 0 Å². The maximum atomic E-state index is 4.53. The smallest absolute Gasteiger partial charge is 0.0701 e. The molecule has 4 nitrogen and oxygen atoms in total. The summed E-state index contributed by atoms with van der Waals surface area (Å²) in [6.07, 6.45) is 11.1. The molecule has 7 aromatic rings. The zero-order valence-corrected chi connectivity index (χ0v) is 22.8. The van der Waals surface area contributed by atoms with Gasteiger partial charge in [0.25, 0.3) is 0 Å². The Balaban J connectivity index is 1.42. The van der Waals surface area contributed by atoms with E-state index in [2.05, 4.69) is 92.7 Å². The molecule has 0 saturated carbocycles. The molecule has 42 heavy (non-hydrogen) atoms. The van der Waals surface area contributed by atoms with Crippen LogP contribution >= 0.6 is 0 Å². The molecular weight excluding hydrogens is 512 g/mol. The predicted molar refractivity (Wildman–Crippen MR) is 170 cm³/mol. The van der Waals surface area contributed by atoms with Crippen LogP contribution in [0.1, 0.15) is 0 Å². The van der Waals surface area contributed by atoms with Crippen molar-refractivity contribution in [1.82, 2.24) is 19.9 Å². The minimum Gasteiger partial charge on any atom is -0.264 e. The van der Waals surface area contributed by atoms with Gasteiger partial charge < -0.3 is 0 Å². The Labute approximate surface area is 245 Å². The number of pyridine rings is 4. The highest BCUT2D eigenvalue weighted by atomic mass is 14.7. The number of aromatic nitrogens is 4. The van der Waals surface area contributed by atoms with Gasteiger partial charge in [-0.15, -0.1) is 0 Å². The van der Waals surface area contributed by atoms with Crippen molar-refractivity contribution in [2.24, 2.45) is 0 Å². The molecule has 0 aliphatic rings. The van der Waals surface area contributed by atoms with Crippen LogP contribution in [0.5, 0.6) is 0 Å². The molecule has 4 heterocycles. The van der Waals surface area contributed by atoms with Crippen LogP contribution in [0.3, 0.4) is 0 Å². The summed E-state index contributed by atoms with van der Waals surface area (Å²) in [4.78, 5) is 17.9. The van der Waals surface area contributed by atoms with Crippen molar-refractivity contribution in [2.75, 3.05) is 0 Å². The van der Waals surface area contributed by atoms with Crippen molar-refractivity contribution in [2.45, 2.75) is 0 Å². The second kappa shape index (κ2) is 11.4. The van der Waals surface area contributed by atoms with Gasteiger partial charge in [-0.1, -0.05) is 72.8 Å². The van der Waals surface area contributed by atoms with Crippen LogP contribution in [-0.4, -0.2) is 19.9 Å². The fraction of sp³-hybridized carbons (Fsp3) is 0. The first-order valence-corrected chi connectivity index (χ1v) is 13.9. The van der Waals surface area contributed by atoms with Gasteiger partial charge in [0.2, 0.25) is 0 Å². The fourth-order valence-electron chi connectivity index (χ4n) is 5.31. The molecule has 0 aliphatic heterocycles. The van der Waals surface area contributed by atoms with E-state index in [1.54, 1.807) is 0 Å². The first kappa shape index (κ1) is 25.2. The standard InChI is InChI=1S/C38H26N4/c1-3-21-41-37(9-1)29-15-11-27(12-16-29)33-23-34(28-13-17-30(18-14-28)38-10-2-4-22-42-38)36(32-8-6-20-40-26-32)24-35(33)31-7-5-19-39-25-31/h1-26H. The van der Waals surface area contributed by atoms with Crippen LogP contribution in [0.25, 0.3) is 67.0 Å². The number of nitrogens with zero attached hydrogens (tertiary/aromatic N) is 4. The molecule has 0 unspecified atom stereocenters. The first-order chi connectivity index (χ1) is 20.8. The molecule has 0 amide bonds. The average molecular weight is 539 g/mol. The Kier molecular flexibility index (Phi) is 6.85. The van der Waals surface area contributed by atoms with Gasteiger partial charge in [-0.25, -0.2) is 0 Å². The molecule has 3 aromatic carbocycles. The summed E-state index contributed by atoms with van der Waals surface area (Å²) in [6.45, 7) is 0. The summed E-state index contributed by atoms with van der Waals surface area (Å²) in [5.74, 6) is 0. The summed E-state index contributed by atoms with van der Waals surface area (Å²) in [5.41, 5.74) is 12.9. The van der Waals surface area contributed by atoms with Crippen molar-refractivity contribution in [3.63, 3.8) is 0 Å². The second-order valence-electron chi connectivity index (χ2n) is 10.0. The SMILES string of the molecule is c1ccc(-c2ccc(-c3cc(-c4ccc(-c5ccccn5)cc4)c(-c4cccnc4)cc3-c3cccnc3)cc2)nc1. The van der Waals surface area contributed by atoms with Crippen molar-refractivity contribution in [1.29, 1.82) is 0 Å². The van der Waals surface area contributed by atoms with Crippen LogP contribution in [0.2, 0.25) is 0 Å². The van der Waals surface area contributed by atoms with Gasteiger partial charge in [-0.05, 0) is 81.9 Å². The number of hydrogen-bond acceptors (Lipinski definition) is 4. The lowest BCUT2D eigenvalue weighted by Crippen LogP contribution is -1.93. The van der Waals surface area contributed by atoms with E-state index in [4.69, 9.17) is 0 Å². The molecule has 4 aromatic heterocycles. The Hall–Kier alpha value is -5.74. The highest BCUT2D eigenvalue weighted by Gasteiger charge is 2.17. The predicted octanol–water partition coefficient (Wildman–Crippen LogP) is 9.27. The van der Waals surface area contributed by atoms with Gasteiger partial charge >= 0.3 is 0 Å². The van der Waals surface area contributed by atoms with E-state index in [9.17, 15) is 0 Å². The zero-order valence-electron chi connectivity index (χ0n) is 22.8. The van der Waals surface area contributed by atoms with Gasteiger partial charge in [0.05, 0.1) is 11.4 Å². The van der Waals surface area contributed by atoms with E-state index in [0.29, 0.717) is 0 Å². The monoisotopic (exact) mass is 538 g/mol. The molecule has 0 bridgehead atoms. The van der Waals surface area contributed by atoms with Crippen molar-refractivity contribution in [3.8, 4) is 67.0 Å². The van der Waals surface area contributed by atoms with Crippen molar-refractivity contribution in [3.05, 3.63) is 159 Å². The van der Waals surface area contributed by atoms with E-state index in [1.807, 2.05) is 85.7 Å². The third-order valence-electron chi connectivity index (χ3n) is 7.42. The number of benzene rings is 3. The quantitative estimate of drug-likeness (QED) is 0.212. The molecule has 0 fully saturated rings. The lowest BCUT2D eigenvalue weighted by molar-refractivity contribution is 1.32. The summed E-state index contributed by atoms with van der Waals surface area (Å²) in [5, 5.41) is 0. The molecule has 0 saturated heterocycles. The third-order valence-corrected chi connectivity index (χ3v) is 7.42. The van der Waals surface area contributed by atoms with E-state index >= 15 is 0 Å². The number of rotatable bonds is 6. The molecule has 0 spiro atoms. The Morgan fingerprint density at radius 3 is 1.07 bits per heavy atom. The topological polar surface area (TPSA) is 51.6 Å². The average Bonchev–Trinajstić information content (AvgIpc) is 3.09. The molecule has 0 aliphatic carbocycles. The minimum atomic E-state index is 0.956. The third kappa shape index (κ3) is 5.09. The molecule has 4 heteroatoms. The lowest BCUT2D eigenvalue weighted by Gasteiger charge is -2.18. The highest BCUT2D eigenvalue weighted by Crippen LogP contribution is 2.42. The summed E-state index contributed by atoms with van der Waals surface area (Å²) in [6, 6.07) is 42.0. The Morgan fingerprint density at radius 1 is 0.310 bits per heavy atom. The molecular formula is C38H26N4. The van der Waals surface area contributed by atoms with E-state index < -0.39 is 0 Å². The van der Waals surface area contributed by atoms with Gasteiger partial charge in [0.15, 0.2) is 0 Å². The van der Waals surface area contributed by atoms with Crippen LogP contribution < -0.4 is 0 Å². The van der Waals surface area contributed by atoms with Crippen LogP contribution in [0, 0.1) is 0 Å². The second-order valence-corrected chi connectivity index (χ2v) is 10.0. The van der Waals surface area contributed by atoms with E-state index in [1.165, 1.54) is 0 Å². The maximum absolute atomic E-state index is 4.53. The minimum absolute atomic E-state index is 0.956. The Bertz CT molecular complexity index is 1780. The molecule has 0 atom stereocenters. The largest absolute Gasteiger partial charge is 0.264 e. The molecule has 0 N–H and O–H groups in total. The van der Waals surface area contributed by atoms with Crippen LogP contribution in [0.15, 0.2) is 159 Å². The fourth-order valence-corrected chi connectivity index (χ4v) is 5.31. The van der Waals surface area contributed by atoms with Crippen LogP contribution in [-0.2, 0) is 0 Å². The normalized spacial score (nSPS) is 10.9. The Morgan fingerprint density at radius 2 is 0.714 bits per heavy atom. The number of hydrogen-bond donors (Lipinski definition) is 0. The summed E-state index contributed by atoms with van der Waals surface area (Å²) >= 11 is 0. The summed E-state index contributed by atoms with van der Waals surface area (Å²) in [7, 11) is 0. The van der Waals surface area contributed by atoms with E-state index in [0.717, 1.165) is 67.0 Å². The van der Waals surface area contributed by atoms with E-state index in [-0.39, 0.29) is 0 Å². The molecule has 198 valence electrons. The molecule has 7 rings (SSSR count). The van der Waals surface area contributed by atoms with Gasteiger partial charge in [-0.3, -0.25) is 19.9 Å². The van der Waals surface area contributed by atoms with Gasteiger partial charge in [0, 0.05) is 59.4 Å². The van der Waals surface area contributed by atoms with Crippen molar-refractivity contribution >= 4 is 0 Å². The van der Waals surface area contributed by atoms with Gasteiger partial charge in [0.1, 0.15) is 0 Å². The van der Waals surface area contributed by atoms with Crippen molar-refractivity contribution < 1.29 is 0 Å². The lowest BCUT2D eigenvalue weighted by atomic mass is 9.86.